The van der Waals surface area contributed by atoms with E-state index in [4.69, 9.17) is 0 Å². The highest BCUT2D eigenvalue weighted by Gasteiger charge is 2.45. The van der Waals surface area contributed by atoms with E-state index in [2.05, 4.69) is 15.1 Å². The van der Waals surface area contributed by atoms with Crippen molar-refractivity contribution in [2.45, 2.75) is 12.1 Å². The maximum absolute atomic E-state index is 12.5. The summed E-state index contributed by atoms with van der Waals surface area (Å²) in [7, 11) is -5.39. The van der Waals surface area contributed by atoms with Crippen molar-refractivity contribution in [1.82, 2.24) is 29.0 Å². The molecule has 166 valence electrons. The molecule has 0 unspecified atom stereocenters. The molecule has 0 atom stereocenters. The summed E-state index contributed by atoms with van der Waals surface area (Å²) in [5, 5.41) is 8.02. The summed E-state index contributed by atoms with van der Waals surface area (Å²) >= 11 is 1.57. The van der Waals surface area contributed by atoms with Gasteiger partial charge < -0.3 is 9.55 Å². The van der Waals surface area contributed by atoms with Crippen LogP contribution in [0.3, 0.4) is 0 Å². The number of nitrogens with zero attached hydrogens (tertiary/aromatic N) is 4. The first-order chi connectivity index (χ1) is 15.2. The van der Waals surface area contributed by atoms with Crippen LogP contribution in [0.15, 0.2) is 54.4 Å². The van der Waals surface area contributed by atoms with Gasteiger partial charge in [-0.2, -0.15) is 18.3 Å². The Balaban J connectivity index is 1.53. The molecule has 0 aromatic carbocycles. The second kappa shape index (κ2) is 7.46. The fourth-order valence-electron chi connectivity index (χ4n) is 3.54. The van der Waals surface area contributed by atoms with Crippen LogP contribution in [0.25, 0.3) is 38.2 Å². The highest BCUT2D eigenvalue weighted by molar-refractivity contribution is 7.90. The first-order valence-electron chi connectivity index (χ1n) is 9.35. The number of thiophene rings is 1. The Hall–Kier alpha value is -3.16. The number of pyridine rings is 1. The fraction of sp³-hybridized carbons (Fsp3) is 0.158. The van der Waals surface area contributed by atoms with Crippen LogP contribution in [-0.2, 0) is 16.6 Å². The monoisotopic (exact) mass is 480 g/mol. The zero-order valence-corrected chi connectivity index (χ0v) is 17.8. The lowest BCUT2D eigenvalue weighted by Crippen LogP contribution is -2.38. The minimum atomic E-state index is -5.39. The third kappa shape index (κ3) is 3.47. The lowest BCUT2D eigenvalue weighted by atomic mass is 10.2. The van der Waals surface area contributed by atoms with Crippen LogP contribution in [-0.4, -0.2) is 44.8 Å². The van der Waals surface area contributed by atoms with Gasteiger partial charge in [0.1, 0.15) is 5.65 Å². The van der Waals surface area contributed by atoms with Crippen LogP contribution in [0, 0.1) is 0 Å². The normalized spacial score (nSPS) is 12.8. The minimum Gasteiger partial charge on any atom is -0.346 e. The van der Waals surface area contributed by atoms with Crippen molar-refractivity contribution in [3.8, 4) is 16.3 Å². The van der Waals surface area contributed by atoms with Gasteiger partial charge in [-0.05, 0) is 23.6 Å². The second-order valence-electron chi connectivity index (χ2n) is 6.95. The number of halogens is 3. The third-order valence-corrected chi connectivity index (χ3v) is 7.02. The number of nitrogens with one attached hydrogen (secondary N) is 2. The van der Waals surface area contributed by atoms with Crippen molar-refractivity contribution >= 4 is 43.3 Å². The van der Waals surface area contributed by atoms with E-state index >= 15 is 0 Å². The number of aromatic amines is 1. The summed E-state index contributed by atoms with van der Waals surface area (Å²) in [5.41, 5.74) is -2.10. The van der Waals surface area contributed by atoms with E-state index in [0.29, 0.717) is 5.69 Å². The zero-order chi connectivity index (χ0) is 22.5. The molecule has 5 aromatic rings. The van der Waals surface area contributed by atoms with Gasteiger partial charge in [0, 0.05) is 35.9 Å². The highest BCUT2D eigenvalue weighted by Crippen LogP contribution is 2.36. The molecule has 0 aliphatic rings. The second-order valence-corrected chi connectivity index (χ2v) is 9.66. The van der Waals surface area contributed by atoms with Crippen molar-refractivity contribution in [2.75, 3.05) is 6.54 Å². The van der Waals surface area contributed by atoms with Gasteiger partial charge in [-0.3, -0.25) is 4.68 Å². The third-order valence-electron chi connectivity index (χ3n) is 4.93. The van der Waals surface area contributed by atoms with Crippen molar-refractivity contribution in [3.63, 3.8) is 0 Å². The molecule has 5 heterocycles. The van der Waals surface area contributed by atoms with Crippen molar-refractivity contribution in [2.24, 2.45) is 0 Å². The SMILES string of the molecule is O=S(=O)(NCCn1cc(-n2c(-c3cccs3)cc3cnc4[nH]ccc4c32)cn1)C(F)(F)F. The standard InChI is InChI=1S/C19H15F3N6O2S2/c20-19(21,22)32(29,30)26-5-6-27-11-13(10-25-27)28-15(16-2-1-7-31-16)8-12-9-24-18-14(17(12)28)3-4-23-18/h1-4,7-11,26H,5-6H2,(H,23,24). The van der Waals surface area contributed by atoms with E-state index in [9.17, 15) is 21.6 Å². The smallest absolute Gasteiger partial charge is 0.346 e. The van der Waals surface area contributed by atoms with Crippen LogP contribution in [0.1, 0.15) is 0 Å². The molecule has 2 N–H and O–H groups in total. The van der Waals surface area contributed by atoms with Crippen LogP contribution < -0.4 is 4.72 Å². The number of hydrogen-bond donors (Lipinski definition) is 2. The molecular formula is C19H15F3N6O2S2. The summed E-state index contributed by atoms with van der Waals surface area (Å²) < 4.78 is 64.8. The van der Waals surface area contributed by atoms with Gasteiger partial charge in [0.2, 0.25) is 0 Å². The summed E-state index contributed by atoms with van der Waals surface area (Å²) in [6.07, 6.45) is 6.83. The molecule has 0 saturated carbocycles. The van der Waals surface area contributed by atoms with E-state index in [-0.39, 0.29) is 6.54 Å². The molecule has 0 saturated heterocycles. The molecule has 8 nitrogen and oxygen atoms in total. The van der Waals surface area contributed by atoms with Crippen LogP contribution in [0.4, 0.5) is 13.2 Å². The Labute approximate surface area is 183 Å². The Morgan fingerprint density at radius 2 is 2.06 bits per heavy atom. The van der Waals surface area contributed by atoms with Crippen molar-refractivity contribution in [1.29, 1.82) is 0 Å². The fourth-order valence-corrected chi connectivity index (χ4v) is 4.79. The van der Waals surface area contributed by atoms with Gasteiger partial charge in [-0.25, -0.2) is 18.1 Å². The highest BCUT2D eigenvalue weighted by atomic mass is 32.2. The number of fused-ring (bicyclic) bond motifs is 3. The molecule has 0 amide bonds. The van der Waals surface area contributed by atoms with Gasteiger partial charge in [0.25, 0.3) is 0 Å². The van der Waals surface area contributed by atoms with E-state index in [1.807, 2.05) is 34.2 Å². The van der Waals surface area contributed by atoms with Crippen LogP contribution in [0.5, 0.6) is 0 Å². The molecule has 0 bridgehead atoms. The number of sulfonamides is 1. The molecule has 32 heavy (non-hydrogen) atoms. The Morgan fingerprint density at radius 1 is 1.22 bits per heavy atom. The van der Waals surface area contributed by atoms with Crippen molar-refractivity contribution < 1.29 is 21.6 Å². The number of alkyl halides is 3. The zero-order valence-electron chi connectivity index (χ0n) is 16.2. The topological polar surface area (TPSA) is 97.6 Å². The Morgan fingerprint density at radius 3 is 2.81 bits per heavy atom. The molecule has 0 spiro atoms. The largest absolute Gasteiger partial charge is 0.511 e. The predicted octanol–water partition coefficient (Wildman–Crippen LogP) is 3.87. The molecule has 0 aliphatic heterocycles. The van der Waals surface area contributed by atoms with Crippen molar-refractivity contribution in [3.05, 3.63) is 54.4 Å². The van der Waals surface area contributed by atoms with Crippen LogP contribution >= 0.6 is 11.3 Å². The van der Waals surface area contributed by atoms with Gasteiger partial charge >= 0.3 is 15.5 Å². The number of rotatable bonds is 6. The molecule has 0 aliphatic carbocycles. The molecule has 13 heteroatoms. The summed E-state index contributed by atoms with van der Waals surface area (Å²) in [6.45, 7) is -0.511. The first kappa shape index (κ1) is 20.7. The Kier molecular flexibility index (Phi) is 4.83. The summed E-state index contributed by atoms with van der Waals surface area (Å²) in [6, 6.07) is 7.89. The maximum Gasteiger partial charge on any atom is 0.511 e. The summed E-state index contributed by atoms with van der Waals surface area (Å²) in [5.74, 6) is 0. The summed E-state index contributed by atoms with van der Waals surface area (Å²) in [4.78, 5) is 8.56. The van der Waals surface area contributed by atoms with E-state index in [1.165, 1.54) is 4.68 Å². The predicted molar refractivity (Wildman–Crippen MR) is 115 cm³/mol. The average molecular weight is 480 g/mol. The molecule has 0 radical (unpaired) electrons. The Bertz CT molecular complexity index is 1510. The van der Waals surface area contributed by atoms with Gasteiger partial charge in [-0.15, -0.1) is 11.3 Å². The number of H-pyrrole nitrogens is 1. The van der Waals surface area contributed by atoms with E-state index < -0.39 is 22.1 Å². The first-order valence-corrected chi connectivity index (χ1v) is 11.7. The van der Waals surface area contributed by atoms with Gasteiger partial charge in [-0.1, -0.05) is 6.07 Å². The lowest BCUT2D eigenvalue weighted by Gasteiger charge is -2.09. The minimum absolute atomic E-state index is 0.0655. The van der Waals surface area contributed by atoms with Gasteiger partial charge in [0.05, 0.1) is 34.5 Å². The molecule has 5 aromatic heterocycles. The van der Waals surface area contributed by atoms with E-state index in [1.54, 1.807) is 40.8 Å². The van der Waals surface area contributed by atoms with Gasteiger partial charge in [0.15, 0.2) is 0 Å². The number of aromatic nitrogens is 5. The van der Waals surface area contributed by atoms with Crippen LogP contribution in [0.2, 0.25) is 0 Å². The average Bonchev–Trinajstić information content (AvgIpc) is 3.50. The van der Waals surface area contributed by atoms with E-state index in [0.717, 1.165) is 32.5 Å². The molecule has 0 fully saturated rings. The number of hydrogen-bond acceptors (Lipinski definition) is 5. The quantitative estimate of drug-likeness (QED) is 0.386. The maximum atomic E-state index is 12.5. The lowest BCUT2D eigenvalue weighted by molar-refractivity contribution is -0.0447. The molecular weight excluding hydrogens is 465 g/mol. The molecule has 5 rings (SSSR count).